The minimum atomic E-state index is -4.51. The Morgan fingerprint density at radius 2 is 1.29 bits per heavy atom. The molecule has 5 rings (SSSR count). The van der Waals surface area contributed by atoms with Gasteiger partial charge in [0.15, 0.2) is 10.2 Å². The third kappa shape index (κ3) is 10.3. The maximum atomic E-state index is 12.0. The lowest BCUT2D eigenvalue weighted by molar-refractivity contribution is 0.414. The molecular formula is C35H43N11O5S4. The lowest BCUT2D eigenvalue weighted by Gasteiger charge is -2.25. The molecule has 0 saturated carbocycles. The van der Waals surface area contributed by atoms with Gasteiger partial charge in [-0.25, -0.2) is 0 Å². The van der Waals surface area contributed by atoms with Crippen LogP contribution in [0.2, 0.25) is 0 Å². The van der Waals surface area contributed by atoms with Gasteiger partial charge in [0.05, 0.1) is 37.0 Å². The van der Waals surface area contributed by atoms with Crippen molar-refractivity contribution in [3.63, 3.8) is 0 Å². The van der Waals surface area contributed by atoms with Gasteiger partial charge in [0, 0.05) is 38.3 Å². The number of hydrogen-bond acceptors (Lipinski definition) is 18. The number of nitrogens with zero attached hydrogens (tertiary/aromatic N) is 9. The second-order valence-corrected chi connectivity index (χ2v) is 15.7. The molecule has 0 radical (unpaired) electrons. The highest BCUT2D eigenvalue weighted by Gasteiger charge is 2.21. The highest BCUT2D eigenvalue weighted by molar-refractivity contribution is 7.99. The van der Waals surface area contributed by atoms with Gasteiger partial charge >= 0.3 is 0 Å². The van der Waals surface area contributed by atoms with Gasteiger partial charge in [0.2, 0.25) is 11.9 Å². The molecule has 20 heteroatoms. The number of hydrogen-bond donors (Lipinski definition) is 3. The number of nitrogens with one attached hydrogen (secondary N) is 2. The third-order valence-corrected chi connectivity index (χ3v) is 11.4. The average Bonchev–Trinajstić information content (AvgIpc) is 3.88. The number of aromatic nitrogens is 3. The Morgan fingerprint density at radius 1 is 0.745 bits per heavy atom. The Labute approximate surface area is 332 Å². The molecule has 0 atom stereocenters. The SMILES string of the molecule is CCSc1nc(Nc2cc(N(CC)CC)c(OC)cc2N=Nc2cccs2)nc(Nc2cc(N(CC)CC)c(OC)cc2N=Nc2sccc2S(=O)(=O)O)n1. The highest BCUT2D eigenvalue weighted by atomic mass is 32.2. The summed E-state index contributed by atoms with van der Waals surface area (Å²) < 4.78 is 45.2. The first-order valence-electron chi connectivity index (χ1n) is 17.3. The Morgan fingerprint density at radius 3 is 1.75 bits per heavy atom. The van der Waals surface area contributed by atoms with Crippen LogP contribution in [0.25, 0.3) is 0 Å². The summed E-state index contributed by atoms with van der Waals surface area (Å²) in [7, 11) is -1.33. The summed E-state index contributed by atoms with van der Waals surface area (Å²) in [5.74, 6) is 2.31. The zero-order chi connectivity index (χ0) is 39.5. The highest BCUT2D eigenvalue weighted by Crippen LogP contribution is 2.43. The lowest BCUT2D eigenvalue weighted by atomic mass is 10.2. The maximum Gasteiger partial charge on any atom is 0.297 e. The number of anilines is 6. The second-order valence-electron chi connectivity index (χ2n) is 11.3. The number of thiophene rings is 2. The van der Waals surface area contributed by atoms with Crippen molar-refractivity contribution in [3.05, 3.63) is 53.2 Å². The fourth-order valence-corrected chi connectivity index (χ4v) is 8.18. The van der Waals surface area contributed by atoms with Crippen LogP contribution in [-0.2, 0) is 10.1 Å². The minimum absolute atomic E-state index is 0.0177. The number of benzene rings is 2. The summed E-state index contributed by atoms with van der Waals surface area (Å²) in [4.78, 5) is 18.1. The van der Waals surface area contributed by atoms with Gasteiger partial charge < -0.3 is 29.9 Å². The van der Waals surface area contributed by atoms with Gasteiger partial charge in [-0.05, 0) is 74.5 Å². The van der Waals surface area contributed by atoms with E-state index in [1.54, 1.807) is 20.3 Å². The fourth-order valence-electron chi connectivity index (χ4n) is 5.42. The molecule has 0 aliphatic rings. The molecule has 0 bridgehead atoms. The maximum absolute atomic E-state index is 12.0. The molecule has 0 saturated heterocycles. The van der Waals surface area contributed by atoms with E-state index in [0.29, 0.717) is 58.2 Å². The van der Waals surface area contributed by atoms with E-state index in [1.165, 1.54) is 34.5 Å². The Hall–Kier alpha value is -4.89. The molecule has 3 heterocycles. The summed E-state index contributed by atoms with van der Waals surface area (Å²) >= 11 is 3.93. The van der Waals surface area contributed by atoms with Gasteiger partial charge in [-0.3, -0.25) is 4.55 Å². The molecule has 3 N–H and O–H groups in total. The Bertz CT molecular complexity index is 2220. The number of rotatable bonds is 19. The molecule has 55 heavy (non-hydrogen) atoms. The van der Waals surface area contributed by atoms with Crippen LogP contribution in [0.5, 0.6) is 11.5 Å². The first kappa shape index (κ1) is 41.3. The van der Waals surface area contributed by atoms with Gasteiger partial charge in [0.25, 0.3) is 10.1 Å². The minimum Gasteiger partial charge on any atom is -0.494 e. The molecule has 3 aromatic heterocycles. The van der Waals surface area contributed by atoms with E-state index in [0.717, 1.165) is 40.8 Å². The molecule has 2 aromatic carbocycles. The van der Waals surface area contributed by atoms with Crippen molar-refractivity contribution >= 4 is 101 Å². The molecule has 292 valence electrons. The zero-order valence-electron chi connectivity index (χ0n) is 31.5. The second kappa shape index (κ2) is 19.1. The number of ether oxygens (including phenoxy) is 2. The molecule has 0 unspecified atom stereocenters. The van der Waals surface area contributed by atoms with Crippen molar-refractivity contribution in [2.75, 3.05) is 66.6 Å². The van der Waals surface area contributed by atoms with Gasteiger partial charge in [-0.2, -0.15) is 23.4 Å². The van der Waals surface area contributed by atoms with E-state index in [-0.39, 0.29) is 21.8 Å². The van der Waals surface area contributed by atoms with Crippen molar-refractivity contribution in [1.82, 2.24) is 15.0 Å². The van der Waals surface area contributed by atoms with E-state index < -0.39 is 10.1 Å². The van der Waals surface area contributed by atoms with Crippen molar-refractivity contribution in [2.24, 2.45) is 20.5 Å². The van der Waals surface area contributed by atoms with Crippen molar-refractivity contribution in [1.29, 1.82) is 0 Å². The van der Waals surface area contributed by atoms with Crippen molar-refractivity contribution in [2.45, 2.75) is 44.7 Å². The van der Waals surface area contributed by atoms with Crippen LogP contribution >= 0.6 is 34.4 Å². The topological polar surface area (TPSA) is 191 Å². The van der Waals surface area contributed by atoms with Gasteiger partial charge in [-0.15, -0.1) is 43.1 Å². The zero-order valence-corrected chi connectivity index (χ0v) is 34.7. The Kier molecular flexibility index (Phi) is 14.3. The van der Waals surface area contributed by atoms with E-state index in [2.05, 4.69) is 54.7 Å². The Balaban J connectivity index is 1.62. The molecule has 16 nitrogen and oxygen atoms in total. The number of thioether (sulfide) groups is 1. The molecule has 0 amide bonds. The summed E-state index contributed by atoms with van der Waals surface area (Å²) in [6.07, 6.45) is 0. The molecule has 5 aromatic rings. The van der Waals surface area contributed by atoms with Crippen LogP contribution in [0, 0.1) is 0 Å². The molecule has 0 spiro atoms. The fraction of sp³-hybridized carbons (Fsp3) is 0.343. The van der Waals surface area contributed by atoms with Crippen LogP contribution in [0.3, 0.4) is 0 Å². The van der Waals surface area contributed by atoms with E-state index in [1.807, 2.05) is 56.5 Å². The van der Waals surface area contributed by atoms with E-state index >= 15 is 0 Å². The van der Waals surface area contributed by atoms with Crippen molar-refractivity contribution < 1.29 is 22.4 Å². The predicted molar refractivity (Wildman–Crippen MR) is 223 cm³/mol. The number of methoxy groups -OCH3 is 2. The first-order chi connectivity index (χ1) is 26.5. The predicted octanol–water partition coefficient (Wildman–Crippen LogP) is 10.4. The smallest absolute Gasteiger partial charge is 0.297 e. The van der Waals surface area contributed by atoms with Gasteiger partial charge in [0.1, 0.15) is 32.8 Å². The van der Waals surface area contributed by atoms with Crippen LogP contribution in [-0.4, -0.2) is 74.1 Å². The summed E-state index contributed by atoms with van der Waals surface area (Å²) in [6, 6.07) is 12.4. The standard InChI is InChI=1S/C35H43N11O5S4/c1-8-45(9-2)26-18-22(24(20-28(26)50-6)41-43-31-14-13-16-53-31)36-33-38-34(40-35(39-33)52-12-5)37-23-19-27(46(10-3)11-4)29(51-7)21-25(23)42-44-32-30(15-17-54-32)55(47,48)49/h13-21H,8-12H2,1-7H3,(H,47,48,49)(H2,36,37,38,39,40). The normalized spacial score (nSPS) is 11.7. The third-order valence-electron chi connectivity index (χ3n) is 8.08. The van der Waals surface area contributed by atoms with Crippen molar-refractivity contribution in [3.8, 4) is 11.5 Å². The molecular weight excluding hydrogens is 783 g/mol. The van der Waals surface area contributed by atoms with Crippen LogP contribution in [0.4, 0.5) is 56.0 Å². The van der Waals surface area contributed by atoms with Crippen LogP contribution in [0.1, 0.15) is 34.6 Å². The summed E-state index contributed by atoms with van der Waals surface area (Å²) in [5.41, 5.74) is 3.52. The quantitative estimate of drug-likeness (QED) is 0.0405. The van der Waals surface area contributed by atoms with E-state index in [9.17, 15) is 13.0 Å². The molecule has 0 fully saturated rings. The number of azo groups is 2. The van der Waals surface area contributed by atoms with Crippen LogP contribution in [0.15, 0.2) is 83.7 Å². The van der Waals surface area contributed by atoms with Crippen LogP contribution < -0.4 is 29.9 Å². The van der Waals surface area contributed by atoms with Gasteiger partial charge in [-0.1, -0.05) is 18.7 Å². The molecule has 0 aliphatic carbocycles. The van der Waals surface area contributed by atoms with E-state index in [4.69, 9.17) is 24.4 Å². The largest absolute Gasteiger partial charge is 0.494 e. The summed E-state index contributed by atoms with van der Waals surface area (Å²) in [5, 5.41) is 29.0. The summed E-state index contributed by atoms with van der Waals surface area (Å²) in [6.45, 7) is 13.1. The monoisotopic (exact) mass is 825 g/mol. The molecule has 0 aliphatic heterocycles. The lowest BCUT2D eigenvalue weighted by Crippen LogP contribution is -2.22. The first-order valence-corrected chi connectivity index (χ1v) is 21.5. The average molecular weight is 826 g/mol.